The van der Waals surface area contributed by atoms with Crippen LogP contribution >= 0.6 is 0 Å². The first kappa shape index (κ1) is 11.5. The number of aliphatic carboxylic acids is 1. The summed E-state index contributed by atoms with van der Waals surface area (Å²) in [5.74, 6) is -0.137. The monoisotopic (exact) mass is 199 g/mol. The van der Waals surface area contributed by atoms with Crippen LogP contribution in [0.5, 0.6) is 0 Å². The van der Waals surface area contributed by atoms with Crippen LogP contribution in [0.4, 0.5) is 0 Å². The van der Waals surface area contributed by atoms with Crippen LogP contribution < -0.4 is 0 Å². The third kappa shape index (κ3) is 2.27. The van der Waals surface area contributed by atoms with Crippen molar-refractivity contribution in [2.24, 2.45) is 5.92 Å². The molecule has 0 heterocycles. The highest BCUT2D eigenvalue weighted by Crippen LogP contribution is 2.38. The first-order valence-corrected chi connectivity index (χ1v) is 5.36. The van der Waals surface area contributed by atoms with Crippen LogP contribution in [-0.4, -0.2) is 35.6 Å². The van der Waals surface area contributed by atoms with Crippen LogP contribution in [0.15, 0.2) is 0 Å². The van der Waals surface area contributed by atoms with Crippen molar-refractivity contribution in [3.63, 3.8) is 0 Å². The fraction of sp³-hybridized carbons (Fsp3) is 0.909. The normalized spacial score (nSPS) is 22.6. The molecule has 1 rings (SSSR count). The SMILES string of the molecule is CN(C)C(C)(CC(=O)O)C1CCCC1. The second kappa shape index (κ2) is 4.30. The Labute approximate surface area is 86.1 Å². The number of rotatable bonds is 4. The van der Waals surface area contributed by atoms with Crippen molar-refractivity contribution in [2.75, 3.05) is 14.1 Å². The number of carbonyl (C=O) groups is 1. The Morgan fingerprint density at radius 2 is 1.93 bits per heavy atom. The Balaban J connectivity index is 2.74. The van der Waals surface area contributed by atoms with Gasteiger partial charge in [-0.1, -0.05) is 12.8 Å². The van der Waals surface area contributed by atoms with Crippen molar-refractivity contribution >= 4 is 5.97 Å². The van der Waals surface area contributed by atoms with E-state index in [1.807, 2.05) is 14.1 Å². The number of carboxylic acid groups (broad SMARTS) is 1. The Bertz CT molecular complexity index is 209. The van der Waals surface area contributed by atoms with Gasteiger partial charge in [-0.25, -0.2) is 0 Å². The van der Waals surface area contributed by atoms with E-state index in [2.05, 4.69) is 11.8 Å². The van der Waals surface area contributed by atoms with E-state index in [0.717, 1.165) is 0 Å². The molecule has 1 N–H and O–H groups in total. The van der Waals surface area contributed by atoms with Gasteiger partial charge >= 0.3 is 5.97 Å². The van der Waals surface area contributed by atoms with Crippen molar-refractivity contribution < 1.29 is 9.90 Å². The lowest BCUT2D eigenvalue weighted by Crippen LogP contribution is -2.48. The second-order valence-electron chi connectivity index (χ2n) is 4.80. The minimum absolute atomic E-state index is 0.164. The van der Waals surface area contributed by atoms with Crippen molar-refractivity contribution in [1.82, 2.24) is 4.90 Å². The maximum Gasteiger partial charge on any atom is 0.305 e. The van der Waals surface area contributed by atoms with Crippen LogP contribution in [0.25, 0.3) is 0 Å². The number of hydrogen-bond acceptors (Lipinski definition) is 2. The van der Waals surface area contributed by atoms with Crippen molar-refractivity contribution in [2.45, 2.75) is 44.6 Å². The van der Waals surface area contributed by atoms with Gasteiger partial charge in [-0.2, -0.15) is 0 Å². The zero-order valence-corrected chi connectivity index (χ0v) is 9.42. The molecule has 0 amide bonds. The molecule has 3 nitrogen and oxygen atoms in total. The fourth-order valence-corrected chi connectivity index (χ4v) is 2.52. The molecule has 0 radical (unpaired) electrons. The third-order valence-electron chi connectivity index (χ3n) is 3.77. The molecule has 3 heteroatoms. The summed E-state index contributed by atoms with van der Waals surface area (Å²) in [6.45, 7) is 2.08. The Morgan fingerprint density at radius 1 is 1.43 bits per heavy atom. The second-order valence-corrected chi connectivity index (χ2v) is 4.80. The highest BCUT2D eigenvalue weighted by molar-refractivity contribution is 5.68. The van der Waals surface area contributed by atoms with Gasteiger partial charge in [0.2, 0.25) is 0 Å². The summed E-state index contributed by atoms with van der Waals surface area (Å²) in [5.41, 5.74) is -0.164. The quantitative estimate of drug-likeness (QED) is 0.752. The molecule has 0 bridgehead atoms. The van der Waals surface area contributed by atoms with E-state index in [-0.39, 0.29) is 12.0 Å². The van der Waals surface area contributed by atoms with E-state index in [1.165, 1.54) is 25.7 Å². The smallest absolute Gasteiger partial charge is 0.305 e. The lowest BCUT2D eigenvalue weighted by atomic mass is 9.80. The van der Waals surface area contributed by atoms with Crippen LogP contribution in [0.2, 0.25) is 0 Å². The topological polar surface area (TPSA) is 40.5 Å². The highest BCUT2D eigenvalue weighted by Gasteiger charge is 2.39. The molecular weight excluding hydrogens is 178 g/mol. The number of hydrogen-bond donors (Lipinski definition) is 1. The molecule has 0 aliphatic heterocycles. The molecule has 1 aliphatic carbocycles. The summed E-state index contributed by atoms with van der Waals surface area (Å²) in [4.78, 5) is 12.9. The van der Waals surface area contributed by atoms with E-state index >= 15 is 0 Å². The van der Waals surface area contributed by atoms with Crippen LogP contribution in [0.3, 0.4) is 0 Å². The van der Waals surface area contributed by atoms with E-state index in [4.69, 9.17) is 5.11 Å². The Hall–Kier alpha value is -0.570. The number of nitrogens with zero attached hydrogens (tertiary/aromatic N) is 1. The molecule has 14 heavy (non-hydrogen) atoms. The van der Waals surface area contributed by atoms with Gasteiger partial charge < -0.3 is 10.0 Å². The third-order valence-corrected chi connectivity index (χ3v) is 3.77. The number of carboxylic acids is 1. The first-order chi connectivity index (χ1) is 6.47. The van der Waals surface area contributed by atoms with Gasteiger partial charge in [-0.15, -0.1) is 0 Å². The lowest BCUT2D eigenvalue weighted by Gasteiger charge is -2.40. The maximum absolute atomic E-state index is 10.8. The molecule has 1 aliphatic rings. The first-order valence-electron chi connectivity index (χ1n) is 5.36. The molecule has 0 aromatic heterocycles. The summed E-state index contributed by atoms with van der Waals surface area (Å²) in [6.07, 6.45) is 5.13. The lowest BCUT2D eigenvalue weighted by molar-refractivity contribution is -0.140. The van der Waals surface area contributed by atoms with Crippen LogP contribution in [0.1, 0.15) is 39.0 Å². The Kier molecular flexibility index (Phi) is 3.53. The minimum atomic E-state index is -0.687. The molecule has 0 aromatic rings. The predicted octanol–water partition coefficient (Wildman–Crippen LogP) is 1.97. The largest absolute Gasteiger partial charge is 0.481 e. The summed E-state index contributed by atoms with van der Waals surface area (Å²) in [6, 6.07) is 0. The average molecular weight is 199 g/mol. The van der Waals surface area contributed by atoms with E-state index in [0.29, 0.717) is 5.92 Å². The minimum Gasteiger partial charge on any atom is -0.481 e. The van der Waals surface area contributed by atoms with E-state index in [1.54, 1.807) is 0 Å². The molecule has 82 valence electrons. The van der Waals surface area contributed by atoms with Gasteiger partial charge in [0.25, 0.3) is 0 Å². The van der Waals surface area contributed by atoms with Gasteiger partial charge in [-0.3, -0.25) is 4.79 Å². The van der Waals surface area contributed by atoms with E-state index in [9.17, 15) is 4.79 Å². The van der Waals surface area contributed by atoms with Gasteiger partial charge in [-0.05, 0) is 39.8 Å². The predicted molar refractivity (Wildman–Crippen MR) is 56.3 cm³/mol. The van der Waals surface area contributed by atoms with Crippen molar-refractivity contribution in [3.8, 4) is 0 Å². The summed E-state index contributed by atoms with van der Waals surface area (Å²) in [5, 5.41) is 8.93. The summed E-state index contributed by atoms with van der Waals surface area (Å²) in [7, 11) is 3.97. The standard InChI is InChI=1S/C11H21NO2/c1-11(12(2)3,8-10(13)14)9-6-4-5-7-9/h9H,4-8H2,1-3H3,(H,13,14). The molecule has 1 unspecified atom stereocenters. The molecule has 1 atom stereocenters. The summed E-state index contributed by atoms with van der Waals surface area (Å²) < 4.78 is 0. The zero-order valence-electron chi connectivity index (χ0n) is 9.42. The van der Waals surface area contributed by atoms with Gasteiger partial charge in [0.05, 0.1) is 6.42 Å². The molecule has 1 saturated carbocycles. The van der Waals surface area contributed by atoms with Crippen LogP contribution in [0, 0.1) is 5.92 Å². The van der Waals surface area contributed by atoms with Crippen molar-refractivity contribution in [1.29, 1.82) is 0 Å². The van der Waals surface area contributed by atoms with Crippen molar-refractivity contribution in [3.05, 3.63) is 0 Å². The maximum atomic E-state index is 10.8. The zero-order chi connectivity index (χ0) is 10.8. The van der Waals surface area contributed by atoms with E-state index < -0.39 is 5.97 Å². The average Bonchev–Trinajstić information content (AvgIpc) is 2.53. The molecule has 0 spiro atoms. The van der Waals surface area contributed by atoms with Gasteiger partial charge in [0.15, 0.2) is 0 Å². The molecule has 0 saturated heterocycles. The molecule has 0 aromatic carbocycles. The fourth-order valence-electron chi connectivity index (χ4n) is 2.52. The molecule has 1 fully saturated rings. The highest BCUT2D eigenvalue weighted by atomic mass is 16.4. The van der Waals surface area contributed by atoms with Gasteiger partial charge in [0, 0.05) is 5.54 Å². The molecular formula is C11H21NO2. The Morgan fingerprint density at radius 3 is 2.29 bits per heavy atom. The van der Waals surface area contributed by atoms with Crippen LogP contribution in [-0.2, 0) is 4.79 Å². The summed E-state index contributed by atoms with van der Waals surface area (Å²) >= 11 is 0. The van der Waals surface area contributed by atoms with Gasteiger partial charge in [0.1, 0.15) is 0 Å².